The highest BCUT2D eigenvalue weighted by Gasteiger charge is 2.17. The maximum Gasteiger partial charge on any atom is 0.0931 e. The molecule has 0 aliphatic carbocycles. The number of ether oxygens (including phenoxy) is 1. The smallest absolute Gasteiger partial charge is 0.0931 e. The fourth-order valence-electron chi connectivity index (χ4n) is 2.24. The van der Waals surface area contributed by atoms with Gasteiger partial charge in [-0.25, -0.2) is 0 Å². The SMILES string of the molecule is NNC(CCCC1CCCO1)c1ccc(Cl)s1. The zero-order valence-corrected chi connectivity index (χ0v) is 11.4. The van der Waals surface area contributed by atoms with Crippen molar-refractivity contribution in [3.63, 3.8) is 0 Å². The van der Waals surface area contributed by atoms with E-state index >= 15 is 0 Å². The number of halogens is 1. The van der Waals surface area contributed by atoms with Crippen molar-refractivity contribution in [1.82, 2.24) is 5.43 Å². The van der Waals surface area contributed by atoms with Crippen LogP contribution in [0.4, 0.5) is 0 Å². The van der Waals surface area contributed by atoms with E-state index in [1.165, 1.54) is 17.7 Å². The highest BCUT2D eigenvalue weighted by atomic mass is 35.5. The van der Waals surface area contributed by atoms with Gasteiger partial charge in [0, 0.05) is 11.5 Å². The first kappa shape index (κ1) is 13.3. The summed E-state index contributed by atoms with van der Waals surface area (Å²) < 4.78 is 6.43. The number of nitrogens with two attached hydrogens (primary N) is 1. The second-order valence-corrected chi connectivity index (χ2v) is 6.17. The molecule has 3 nitrogen and oxygen atoms in total. The molecule has 0 bridgehead atoms. The van der Waals surface area contributed by atoms with Crippen LogP contribution < -0.4 is 11.3 Å². The predicted octanol–water partition coefficient (Wildman–Crippen LogP) is 3.26. The number of thiophene rings is 1. The highest BCUT2D eigenvalue weighted by Crippen LogP contribution is 2.30. The quantitative estimate of drug-likeness (QED) is 0.618. The van der Waals surface area contributed by atoms with Crippen LogP contribution in [0.2, 0.25) is 4.34 Å². The Labute approximate surface area is 111 Å². The lowest BCUT2D eigenvalue weighted by Gasteiger charge is -2.15. The molecule has 3 N–H and O–H groups in total. The predicted molar refractivity (Wildman–Crippen MR) is 72.2 cm³/mol. The van der Waals surface area contributed by atoms with E-state index in [4.69, 9.17) is 22.2 Å². The lowest BCUT2D eigenvalue weighted by atomic mass is 10.0. The van der Waals surface area contributed by atoms with Crippen molar-refractivity contribution in [3.05, 3.63) is 21.3 Å². The maximum absolute atomic E-state index is 5.93. The van der Waals surface area contributed by atoms with Gasteiger partial charge in [0.2, 0.25) is 0 Å². The summed E-state index contributed by atoms with van der Waals surface area (Å²) in [5, 5.41) is 0. The Hall–Kier alpha value is -0.130. The van der Waals surface area contributed by atoms with Crippen molar-refractivity contribution in [2.24, 2.45) is 5.84 Å². The third-order valence-electron chi connectivity index (χ3n) is 3.18. The van der Waals surface area contributed by atoms with Crippen LogP contribution >= 0.6 is 22.9 Å². The molecule has 2 atom stereocenters. The van der Waals surface area contributed by atoms with Crippen LogP contribution in [0, 0.1) is 0 Å². The normalized spacial score (nSPS) is 21.9. The summed E-state index contributed by atoms with van der Waals surface area (Å²) >= 11 is 7.52. The molecule has 1 aromatic heterocycles. The van der Waals surface area contributed by atoms with Crippen molar-refractivity contribution in [2.45, 2.75) is 44.2 Å². The first-order chi connectivity index (χ1) is 8.29. The molecular formula is C12H19ClN2OS. The van der Waals surface area contributed by atoms with Crippen molar-refractivity contribution >= 4 is 22.9 Å². The van der Waals surface area contributed by atoms with Crippen molar-refractivity contribution in [3.8, 4) is 0 Å². The molecule has 17 heavy (non-hydrogen) atoms. The number of hydrogen-bond donors (Lipinski definition) is 2. The van der Waals surface area contributed by atoms with Crippen LogP contribution in [0.5, 0.6) is 0 Å². The molecule has 1 aromatic rings. The average molecular weight is 275 g/mol. The van der Waals surface area contributed by atoms with E-state index in [9.17, 15) is 0 Å². The fraction of sp³-hybridized carbons (Fsp3) is 0.667. The van der Waals surface area contributed by atoms with Crippen molar-refractivity contribution < 1.29 is 4.74 Å². The highest BCUT2D eigenvalue weighted by molar-refractivity contribution is 7.16. The minimum atomic E-state index is 0.217. The summed E-state index contributed by atoms with van der Waals surface area (Å²) in [5.74, 6) is 5.59. The van der Waals surface area contributed by atoms with Gasteiger partial charge in [-0.3, -0.25) is 11.3 Å². The third kappa shape index (κ3) is 3.93. The van der Waals surface area contributed by atoms with E-state index in [0.717, 1.165) is 30.2 Å². The van der Waals surface area contributed by atoms with Gasteiger partial charge in [-0.1, -0.05) is 11.6 Å². The van der Waals surface area contributed by atoms with Crippen LogP contribution in [0.15, 0.2) is 12.1 Å². The van der Waals surface area contributed by atoms with Crippen LogP contribution in [-0.4, -0.2) is 12.7 Å². The standard InChI is InChI=1S/C12H19ClN2OS/c13-12-7-6-11(17-12)10(15-14)5-1-3-9-4-2-8-16-9/h6-7,9-10,15H,1-5,8,14H2. The Morgan fingerprint density at radius 2 is 2.47 bits per heavy atom. The summed E-state index contributed by atoms with van der Waals surface area (Å²) in [7, 11) is 0. The summed E-state index contributed by atoms with van der Waals surface area (Å²) in [5.41, 5.74) is 2.87. The molecule has 1 aliphatic heterocycles. The number of hydrogen-bond acceptors (Lipinski definition) is 4. The lowest BCUT2D eigenvalue weighted by Crippen LogP contribution is -2.27. The molecule has 0 radical (unpaired) electrons. The maximum atomic E-state index is 5.93. The first-order valence-corrected chi connectivity index (χ1v) is 7.32. The molecule has 1 aliphatic rings. The molecule has 1 saturated heterocycles. The van der Waals surface area contributed by atoms with E-state index in [0.29, 0.717) is 6.10 Å². The minimum Gasteiger partial charge on any atom is -0.378 e. The lowest BCUT2D eigenvalue weighted by molar-refractivity contribution is 0.101. The number of hydrazine groups is 1. The number of nitrogens with one attached hydrogen (secondary N) is 1. The molecule has 0 aromatic carbocycles. The molecule has 5 heteroatoms. The minimum absolute atomic E-state index is 0.217. The Balaban J connectivity index is 1.75. The third-order valence-corrected chi connectivity index (χ3v) is 4.53. The Bertz CT molecular complexity index is 339. The fourth-order valence-corrected chi connectivity index (χ4v) is 3.40. The molecule has 2 heterocycles. The van der Waals surface area contributed by atoms with Crippen LogP contribution in [0.25, 0.3) is 0 Å². The van der Waals surface area contributed by atoms with Crippen LogP contribution in [0.3, 0.4) is 0 Å². The zero-order chi connectivity index (χ0) is 12.1. The van der Waals surface area contributed by atoms with Gasteiger partial charge >= 0.3 is 0 Å². The Kier molecular flexibility index (Phi) is 5.25. The molecule has 2 rings (SSSR count). The summed E-state index contributed by atoms with van der Waals surface area (Å²) in [4.78, 5) is 1.21. The molecule has 96 valence electrons. The van der Waals surface area contributed by atoms with Gasteiger partial charge in [-0.15, -0.1) is 11.3 Å². The van der Waals surface area contributed by atoms with Gasteiger partial charge < -0.3 is 4.74 Å². The van der Waals surface area contributed by atoms with Crippen molar-refractivity contribution in [2.75, 3.05) is 6.61 Å². The number of rotatable bonds is 6. The van der Waals surface area contributed by atoms with Gasteiger partial charge in [0.25, 0.3) is 0 Å². The first-order valence-electron chi connectivity index (χ1n) is 6.12. The molecule has 2 unspecified atom stereocenters. The summed E-state index contributed by atoms with van der Waals surface area (Å²) in [6.07, 6.45) is 6.20. The average Bonchev–Trinajstić information content (AvgIpc) is 2.96. The molecule has 1 fully saturated rings. The van der Waals surface area contributed by atoms with Gasteiger partial charge in [0.15, 0.2) is 0 Å². The zero-order valence-electron chi connectivity index (χ0n) is 9.82. The van der Waals surface area contributed by atoms with E-state index < -0.39 is 0 Å². The van der Waals surface area contributed by atoms with E-state index in [1.54, 1.807) is 11.3 Å². The second-order valence-electron chi connectivity index (χ2n) is 4.43. The van der Waals surface area contributed by atoms with Gasteiger partial charge in [0.05, 0.1) is 16.5 Å². The van der Waals surface area contributed by atoms with Gasteiger partial charge in [-0.05, 0) is 44.2 Å². The van der Waals surface area contributed by atoms with E-state index in [2.05, 4.69) is 5.43 Å². The summed E-state index contributed by atoms with van der Waals surface area (Å²) in [6, 6.07) is 4.18. The molecule has 0 spiro atoms. The van der Waals surface area contributed by atoms with Crippen LogP contribution in [-0.2, 0) is 4.74 Å². The Morgan fingerprint density at radius 3 is 3.06 bits per heavy atom. The monoisotopic (exact) mass is 274 g/mol. The summed E-state index contributed by atoms with van der Waals surface area (Å²) in [6.45, 7) is 0.934. The topological polar surface area (TPSA) is 47.3 Å². The van der Waals surface area contributed by atoms with E-state index in [-0.39, 0.29) is 6.04 Å². The molecule has 0 saturated carbocycles. The molecular weight excluding hydrogens is 256 g/mol. The van der Waals surface area contributed by atoms with Gasteiger partial charge in [-0.2, -0.15) is 0 Å². The largest absolute Gasteiger partial charge is 0.378 e. The van der Waals surface area contributed by atoms with E-state index in [1.807, 2.05) is 12.1 Å². The second kappa shape index (κ2) is 6.71. The van der Waals surface area contributed by atoms with Crippen molar-refractivity contribution in [1.29, 1.82) is 0 Å². The van der Waals surface area contributed by atoms with Crippen LogP contribution in [0.1, 0.15) is 43.0 Å². The van der Waals surface area contributed by atoms with Gasteiger partial charge in [0.1, 0.15) is 0 Å². The Morgan fingerprint density at radius 1 is 1.59 bits per heavy atom. The molecule has 0 amide bonds.